The van der Waals surface area contributed by atoms with Crippen molar-refractivity contribution in [1.82, 2.24) is 9.78 Å². The first-order valence-electron chi connectivity index (χ1n) is 5.36. The van der Waals surface area contributed by atoms with Crippen molar-refractivity contribution in [2.45, 2.75) is 45.8 Å². The molecule has 78 valence electrons. The van der Waals surface area contributed by atoms with Crippen molar-refractivity contribution >= 4 is 0 Å². The number of aliphatic hydroxyl groups excluding tert-OH is 1. The monoisotopic (exact) mass is 194 g/mol. The zero-order chi connectivity index (χ0) is 10.2. The maximum atomic E-state index is 9.64. The van der Waals surface area contributed by atoms with E-state index in [9.17, 15) is 5.11 Å². The molecule has 1 fully saturated rings. The molecule has 1 aliphatic carbocycles. The Morgan fingerprint density at radius 3 is 2.79 bits per heavy atom. The Kier molecular flexibility index (Phi) is 2.35. The summed E-state index contributed by atoms with van der Waals surface area (Å²) >= 11 is 0. The highest BCUT2D eigenvalue weighted by Crippen LogP contribution is 2.51. The first kappa shape index (κ1) is 9.71. The van der Waals surface area contributed by atoms with Gasteiger partial charge in [-0.1, -0.05) is 0 Å². The van der Waals surface area contributed by atoms with Gasteiger partial charge < -0.3 is 5.11 Å². The van der Waals surface area contributed by atoms with Crippen molar-refractivity contribution in [3.05, 3.63) is 18.0 Å². The summed E-state index contributed by atoms with van der Waals surface area (Å²) < 4.78 is 1.94. The Labute approximate surface area is 84.7 Å². The van der Waals surface area contributed by atoms with Crippen LogP contribution in [-0.2, 0) is 13.0 Å². The van der Waals surface area contributed by atoms with Gasteiger partial charge in [-0.15, -0.1) is 0 Å². The van der Waals surface area contributed by atoms with Crippen LogP contribution in [0.2, 0.25) is 0 Å². The smallest absolute Gasteiger partial charge is 0.0571 e. The fraction of sp³-hybridized carbons (Fsp3) is 0.727. The Morgan fingerprint density at radius 1 is 1.64 bits per heavy atom. The van der Waals surface area contributed by atoms with E-state index in [1.165, 1.54) is 5.56 Å². The lowest BCUT2D eigenvalue weighted by Crippen LogP contribution is -2.20. The van der Waals surface area contributed by atoms with Crippen molar-refractivity contribution < 1.29 is 5.11 Å². The summed E-state index contributed by atoms with van der Waals surface area (Å²) in [5, 5.41) is 13.9. The Morgan fingerprint density at radius 2 is 2.36 bits per heavy atom. The zero-order valence-corrected chi connectivity index (χ0v) is 8.90. The van der Waals surface area contributed by atoms with Gasteiger partial charge in [0.1, 0.15) is 0 Å². The number of rotatable bonds is 4. The molecule has 0 aromatic carbocycles. The molecule has 1 aromatic rings. The second-order valence-electron chi connectivity index (χ2n) is 4.42. The number of nitrogens with zero attached hydrogens (tertiary/aromatic N) is 2. The lowest BCUT2D eigenvalue weighted by molar-refractivity contribution is 0.110. The predicted molar refractivity (Wildman–Crippen MR) is 55.0 cm³/mol. The molecule has 3 nitrogen and oxygen atoms in total. The lowest BCUT2D eigenvalue weighted by atomic mass is 9.93. The van der Waals surface area contributed by atoms with Crippen LogP contribution in [0, 0.1) is 5.41 Å². The van der Waals surface area contributed by atoms with Gasteiger partial charge in [0.05, 0.1) is 12.3 Å². The van der Waals surface area contributed by atoms with Crippen LogP contribution in [0.25, 0.3) is 0 Å². The predicted octanol–water partition coefficient (Wildman–Crippen LogP) is 1.61. The second-order valence-corrected chi connectivity index (χ2v) is 4.42. The Hall–Kier alpha value is -0.830. The molecule has 1 unspecified atom stereocenters. The van der Waals surface area contributed by atoms with E-state index in [0.29, 0.717) is 0 Å². The van der Waals surface area contributed by atoms with Gasteiger partial charge in [0.25, 0.3) is 0 Å². The third-order valence-electron chi connectivity index (χ3n) is 3.35. The molecule has 0 spiro atoms. The largest absolute Gasteiger partial charge is 0.393 e. The molecular formula is C11H18N2O. The van der Waals surface area contributed by atoms with Gasteiger partial charge in [0, 0.05) is 18.2 Å². The summed E-state index contributed by atoms with van der Waals surface area (Å²) in [6, 6.07) is 0. The number of aliphatic hydroxyl groups is 1. The number of aryl methyl sites for hydroxylation is 1. The van der Waals surface area contributed by atoms with Crippen molar-refractivity contribution in [2.75, 3.05) is 0 Å². The molecule has 1 saturated carbocycles. The minimum atomic E-state index is -0.188. The molecule has 0 bridgehead atoms. The molecule has 2 rings (SSSR count). The summed E-state index contributed by atoms with van der Waals surface area (Å²) in [5.74, 6) is 0. The van der Waals surface area contributed by atoms with Gasteiger partial charge >= 0.3 is 0 Å². The summed E-state index contributed by atoms with van der Waals surface area (Å²) in [6.07, 6.45) is 7.11. The molecule has 0 saturated heterocycles. The van der Waals surface area contributed by atoms with Crippen LogP contribution in [0.4, 0.5) is 0 Å². The van der Waals surface area contributed by atoms with Crippen LogP contribution < -0.4 is 0 Å². The average molecular weight is 194 g/mol. The molecule has 0 radical (unpaired) electrons. The van der Waals surface area contributed by atoms with Gasteiger partial charge in [0.15, 0.2) is 0 Å². The summed E-state index contributed by atoms with van der Waals surface area (Å²) in [6.45, 7) is 4.90. The van der Waals surface area contributed by atoms with E-state index < -0.39 is 0 Å². The Bertz CT molecular complexity index is 313. The maximum Gasteiger partial charge on any atom is 0.0571 e. The van der Waals surface area contributed by atoms with E-state index in [4.69, 9.17) is 0 Å². The molecule has 1 N–H and O–H groups in total. The highest BCUT2D eigenvalue weighted by atomic mass is 16.3. The summed E-state index contributed by atoms with van der Waals surface area (Å²) in [5.41, 5.74) is 1.42. The highest BCUT2D eigenvalue weighted by Gasteiger charge is 2.46. The van der Waals surface area contributed by atoms with Crippen LogP contribution in [0.3, 0.4) is 0 Å². The maximum absolute atomic E-state index is 9.64. The number of hydrogen-bond donors (Lipinski definition) is 1. The van der Waals surface area contributed by atoms with E-state index in [2.05, 4.69) is 18.2 Å². The molecular weight excluding hydrogens is 176 g/mol. The summed E-state index contributed by atoms with van der Waals surface area (Å²) in [7, 11) is 0. The van der Waals surface area contributed by atoms with Crippen LogP contribution in [0.5, 0.6) is 0 Å². The topological polar surface area (TPSA) is 38.0 Å². The zero-order valence-electron chi connectivity index (χ0n) is 8.90. The molecule has 1 aromatic heterocycles. The van der Waals surface area contributed by atoms with Crippen LogP contribution in [-0.4, -0.2) is 21.0 Å². The van der Waals surface area contributed by atoms with Gasteiger partial charge in [-0.3, -0.25) is 4.68 Å². The first-order valence-corrected chi connectivity index (χ1v) is 5.36. The van der Waals surface area contributed by atoms with E-state index in [-0.39, 0.29) is 11.5 Å². The van der Waals surface area contributed by atoms with E-state index >= 15 is 0 Å². The second kappa shape index (κ2) is 3.39. The van der Waals surface area contributed by atoms with Crippen molar-refractivity contribution in [2.24, 2.45) is 5.41 Å². The third-order valence-corrected chi connectivity index (χ3v) is 3.35. The van der Waals surface area contributed by atoms with E-state index in [1.807, 2.05) is 17.8 Å². The molecule has 1 heterocycles. The lowest BCUT2D eigenvalue weighted by Gasteiger charge is -2.16. The number of aromatic nitrogens is 2. The summed E-state index contributed by atoms with van der Waals surface area (Å²) in [4.78, 5) is 0. The minimum absolute atomic E-state index is 0.168. The van der Waals surface area contributed by atoms with Gasteiger partial charge in [-0.2, -0.15) is 5.10 Å². The van der Waals surface area contributed by atoms with Crippen molar-refractivity contribution in [3.8, 4) is 0 Å². The molecule has 3 heteroatoms. The number of hydrogen-bond acceptors (Lipinski definition) is 2. The van der Waals surface area contributed by atoms with Gasteiger partial charge in [0.2, 0.25) is 0 Å². The van der Waals surface area contributed by atoms with Gasteiger partial charge in [-0.05, 0) is 38.7 Å². The van der Waals surface area contributed by atoms with Gasteiger partial charge in [-0.25, -0.2) is 0 Å². The fourth-order valence-corrected chi connectivity index (χ4v) is 1.98. The van der Waals surface area contributed by atoms with E-state index in [1.54, 1.807) is 0 Å². The average Bonchev–Trinajstić information content (AvgIpc) is 2.78. The molecule has 1 aliphatic rings. The van der Waals surface area contributed by atoms with E-state index in [0.717, 1.165) is 25.8 Å². The standard InChI is InChI=1S/C11H18N2O/c1-3-13-8-10(7-12-13)6-11(4-5-11)9(2)14/h7-9,14H,3-6H2,1-2H3. The first-order chi connectivity index (χ1) is 6.66. The normalized spacial score (nSPS) is 20.8. The van der Waals surface area contributed by atoms with Crippen LogP contribution in [0.15, 0.2) is 12.4 Å². The molecule has 1 atom stereocenters. The fourth-order valence-electron chi connectivity index (χ4n) is 1.98. The molecule has 0 amide bonds. The van der Waals surface area contributed by atoms with Crippen LogP contribution in [0.1, 0.15) is 32.3 Å². The molecule has 0 aliphatic heterocycles. The highest BCUT2D eigenvalue weighted by molar-refractivity contribution is 5.13. The van der Waals surface area contributed by atoms with Crippen LogP contribution >= 0.6 is 0 Å². The third kappa shape index (κ3) is 1.69. The minimum Gasteiger partial charge on any atom is -0.393 e. The molecule has 14 heavy (non-hydrogen) atoms. The SMILES string of the molecule is CCn1cc(CC2(C(C)O)CC2)cn1. The Balaban J connectivity index is 2.04. The quantitative estimate of drug-likeness (QED) is 0.790. The van der Waals surface area contributed by atoms with Crippen molar-refractivity contribution in [3.63, 3.8) is 0 Å². The van der Waals surface area contributed by atoms with Crippen molar-refractivity contribution in [1.29, 1.82) is 0 Å².